The summed E-state index contributed by atoms with van der Waals surface area (Å²) in [4.78, 5) is 0. The van der Waals surface area contributed by atoms with Crippen molar-refractivity contribution in [2.45, 2.75) is 6.92 Å². The molecule has 2 rings (SSSR count). The average molecular weight is 276 g/mol. The van der Waals surface area contributed by atoms with E-state index in [0.29, 0.717) is 0 Å². The zero-order valence-electron chi connectivity index (χ0n) is 10.9. The molecule has 19 heavy (non-hydrogen) atoms. The summed E-state index contributed by atoms with van der Waals surface area (Å²) in [7, 11) is 0. The van der Waals surface area contributed by atoms with E-state index in [4.69, 9.17) is 11.5 Å². The van der Waals surface area contributed by atoms with Crippen LogP contribution in [-0.4, -0.2) is 5.11 Å². The lowest BCUT2D eigenvalue weighted by Gasteiger charge is -1.93. The number of nitrogens with two attached hydrogens (primary N) is 4. The van der Waals surface area contributed by atoms with Crippen LogP contribution in [0.15, 0.2) is 54.6 Å². The van der Waals surface area contributed by atoms with Gasteiger partial charge in [-0.05, 0) is 42.9 Å². The van der Waals surface area contributed by atoms with Crippen molar-refractivity contribution in [3.63, 3.8) is 0 Å². The topological polar surface area (TPSA) is 104 Å². The van der Waals surface area contributed by atoms with Crippen LogP contribution in [0.5, 0.6) is 0 Å². The summed E-state index contributed by atoms with van der Waals surface area (Å²) in [6.45, 7) is 2.00. The lowest BCUT2D eigenvalue weighted by atomic mass is 10.2. The average Bonchev–Trinajstić information content (AvgIpc) is 2.34. The number of aryl methyl sites for hydroxylation is 1. The Balaban J connectivity index is 0.000000272. The molecule has 8 N–H and O–H groups in total. The predicted octanol–water partition coefficient (Wildman–Crippen LogP) is 2.03. The third-order valence-corrected chi connectivity index (χ3v) is 1.99. The molecular formula is C14H20N4S. The van der Waals surface area contributed by atoms with Crippen LogP contribution in [0.3, 0.4) is 0 Å². The fraction of sp³-hybridized carbons (Fsp3) is 0.0714. The molecule has 0 bridgehead atoms. The minimum Gasteiger partial charge on any atom is -0.399 e. The van der Waals surface area contributed by atoms with E-state index >= 15 is 0 Å². The molecule has 0 aromatic heterocycles. The molecule has 0 aliphatic heterocycles. The van der Waals surface area contributed by atoms with Gasteiger partial charge < -0.3 is 22.9 Å². The van der Waals surface area contributed by atoms with Gasteiger partial charge in [-0.15, -0.1) is 0 Å². The Labute approximate surface area is 119 Å². The summed E-state index contributed by atoms with van der Waals surface area (Å²) in [5.41, 5.74) is 23.0. The summed E-state index contributed by atoms with van der Waals surface area (Å²) >= 11 is 4.09. The van der Waals surface area contributed by atoms with Gasteiger partial charge in [-0.1, -0.05) is 36.4 Å². The fourth-order valence-corrected chi connectivity index (χ4v) is 1.04. The fourth-order valence-electron chi connectivity index (χ4n) is 1.04. The van der Waals surface area contributed by atoms with Gasteiger partial charge in [-0.3, -0.25) is 0 Å². The maximum absolute atomic E-state index is 5.52. The van der Waals surface area contributed by atoms with Crippen LogP contribution < -0.4 is 22.9 Å². The standard InChI is InChI=1S/C7H9N.C6H7N.CH4N2S/c1-6-4-2-3-5-7(6)8;7-6-4-2-1-3-5-6;2-1(3)4/h2-5H,8H2,1H3;1-5H,7H2;(H4,2,3,4). The van der Waals surface area contributed by atoms with Crippen LogP contribution in [-0.2, 0) is 0 Å². The van der Waals surface area contributed by atoms with Gasteiger partial charge in [0.2, 0.25) is 0 Å². The molecule has 5 heteroatoms. The molecular weight excluding hydrogens is 256 g/mol. The van der Waals surface area contributed by atoms with Gasteiger partial charge in [0.25, 0.3) is 0 Å². The quantitative estimate of drug-likeness (QED) is 0.435. The first-order valence-corrected chi connectivity index (χ1v) is 6.01. The molecule has 0 amide bonds. The van der Waals surface area contributed by atoms with Crippen molar-refractivity contribution >= 4 is 28.7 Å². The van der Waals surface area contributed by atoms with Crippen LogP contribution in [0.1, 0.15) is 5.56 Å². The van der Waals surface area contributed by atoms with E-state index in [0.717, 1.165) is 16.9 Å². The van der Waals surface area contributed by atoms with Gasteiger partial charge >= 0.3 is 0 Å². The second-order valence-electron chi connectivity index (χ2n) is 3.67. The van der Waals surface area contributed by atoms with Gasteiger partial charge in [-0.2, -0.15) is 0 Å². The molecule has 0 atom stereocenters. The van der Waals surface area contributed by atoms with E-state index in [1.807, 2.05) is 61.5 Å². The first-order valence-electron chi connectivity index (χ1n) is 5.60. The monoisotopic (exact) mass is 276 g/mol. The molecule has 2 aromatic carbocycles. The van der Waals surface area contributed by atoms with Crippen LogP contribution in [0.4, 0.5) is 11.4 Å². The van der Waals surface area contributed by atoms with Gasteiger partial charge in [-0.25, -0.2) is 0 Å². The molecule has 4 nitrogen and oxygen atoms in total. The maximum atomic E-state index is 5.52. The lowest BCUT2D eigenvalue weighted by molar-refractivity contribution is 1.47. The SMILES string of the molecule is Cc1ccccc1N.NC(N)=S.Nc1ccccc1. The minimum atomic E-state index is 0.000000000000000222. The summed E-state index contributed by atoms with van der Waals surface area (Å²) in [5.74, 6) is 0. The van der Waals surface area contributed by atoms with Crippen molar-refractivity contribution < 1.29 is 0 Å². The third kappa shape index (κ3) is 10.6. The van der Waals surface area contributed by atoms with Crippen molar-refractivity contribution in [1.82, 2.24) is 0 Å². The van der Waals surface area contributed by atoms with Crippen molar-refractivity contribution in [3.05, 3.63) is 60.2 Å². The number of nitrogen functional groups attached to an aromatic ring is 2. The Morgan fingerprint density at radius 3 is 1.53 bits per heavy atom. The Morgan fingerprint density at radius 1 is 0.842 bits per heavy atom. The number of benzene rings is 2. The van der Waals surface area contributed by atoms with E-state index in [1.165, 1.54) is 0 Å². The Morgan fingerprint density at radius 2 is 1.26 bits per heavy atom. The highest BCUT2D eigenvalue weighted by atomic mass is 32.1. The number of rotatable bonds is 0. The summed E-state index contributed by atoms with van der Waals surface area (Å²) < 4.78 is 0. The Bertz CT molecular complexity index is 461. The number of para-hydroxylation sites is 2. The Kier molecular flexibility index (Phi) is 8.57. The normalized spacial score (nSPS) is 8.26. The largest absolute Gasteiger partial charge is 0.399 e. The van der Waals surface area contributed by atoms with Crippen molar-refractivity contribution in [1.29, 1.82) is 0 Å². The molecule has 102 valence electrons. The van der Waals surface area contributed by atoms with Crippen molar-refractivity contribution in [2.75, 3.05) is 11.5 Å². The van der Waals surface area contributed by atoms with Crippen LogP contribution in [0, 0.1) is 6.92 Å². The summed E-state index contributed by atoms with van der Waals surface area (Å²) in [5, 5.41) is 0.000000000000000222. The predicted molar refractivity (Wildman–Crippen MR) is 87.4 cm³/mol. The molecule has 0 heterocycles. The second kappa shape index (κ2) is 9.73. The molecule has 0 saturated carbocycles. The Hall–Kier alpha value is -2.27. The zero-order chi connectivity index (χ0) is 14.7. The van der Waals surface area contributed by atoms with Gasteiger partial charge in [0.1, 0.15) is 0 Å². The van der Waals surface area contributed by atoms with E-state index in [2.05, 4.69) is 23.7 Å². The molecule has 0 aliphatic carbocycles. The number of thiocarbonyl (C=S) groups is 1. The highest BCUT2D eigenvalue weighted by Gasteiger charge is 1.84. The first-order chi connectivity index (χ1) is 8.93. The van der Waals surface area contributed by atoms with Gasteiger partial charge in [0.05, 0.1) is 0 Å². The zero-order valence-corrected chi connectivity index (χ0v) is 11.7. The van der Waals surface area contributed by atoms with Crippen LogP contribution in [0.25, 0.3) is 0 Å². The number of hydrogen-bond donors (Lipinski definition) is 4. The molecule has 0 spiro atoms. The number of hydrogen-bond acceptors (Lipinski definition) is 3. The van der Waals surface area contributed by atoms with Crippen LogP contribution >= 0.6 is 12.2 Å². The van der Waals surface area contributed by atoms with E-state index < -0.39 is 0 Å². The van der Waals surface area contributed by atoms with Crippen LogP contribution in [0.2, 0.25) is 0 Å². The van der Waals surface area contributed by atoms with Crippen molar-refractivity contribution in [3.8, 4) is 0 Å². The smallest absolute Gasteiger partial charge is 0.160 e. The third-order valence-electron chi connectivity index (χ3n) is 1.99. The molecule has 0 fully saturated rings. The van der Waals surface area contributed by atoms with Gasteiger partial charge in [0, 0.05) is 11.4 Å². The highest BCUT2D eigenvalue weighted by molar-refractivity contribution is 7.80. The first kappa shape index (κ1) is 16.7. The summed E-state index contributed by atoms with van der Waals surface area (Å²) in [6, 6.07) is 17.3. The molecule has 0 aliphatic rings. The highest BCUT2D eigenvalue weighted by Crippen LogP contribution is 2.06. The molecule has 0 unspecified atom stereocenters. The van der Waals surface area contributed by atoms with E-state index in [-0.39, 0.29) is 5.11 Å². The summed E-state index contributed by atoms with van der Waals surface area (Å²) in [6.07, 6.45) is 0. The van der Waals surface area contributed by atoms with Gasteiger partial charge in [0.15, 0.2) is 5.11 Å². The molecule has 0 saturated heterocycles. The lowest BCUT2D eigenvalue weighted by Crippen LogP contribution is -2.18. The second-order valence-corrected chi connectivity index (χ2v) is 4.14. The minimum absolute atomic E-state index is 0.000000000000000222. The molecule has 2 aromatic rings. The molecule has 0 radical (unpaired) electrons. The number of anilines is 2. The van der Waals surface area contributed by atoms with E-state index in [9.17, 15) is 0 Å². The maximum Gasteiger partial charge on any atom is 0.160 e. The van der Waals surface area contributed by atoms with Crippen molar-refractivity contribution in [2.24, 2.45) is 11.5 Å². The van der Waals surface area contributed by atoms with E-state index in [1.54, 1.807) is 0 Å².